The third-order valence-corrected chi connectivity index (χ3v) is 6.63. The lowest BCUT2D eigenvalue weighted by atomic mass is 10.2. The molecule has 0 amide bonds. The molecule has 0 aliphatic rings. The summed E-state index contributed by atoms with van der Waals surface area (Å²) in [5, 5.41) is 3.39. The summed E-state index contributed by atoms with van der Waals surface area (Å²) in [4.78, 5) is 0. The van der Waals surface area contributed by atoms with E-state index in [0.717, 1.165) is 15.6 Å². The molecular weight excluding hydrogens is 413 g/mol. The minimum atomic E-state index is -3.44. The molecule has 2 aromatic carbocycles. The number of hydrogen-bond acceptors (Lipinski definition) is 4. The van der Waals surface area contributed by atoms with Crippen molar-refractivity contribution >= 4 is 23.5 Å². The quantitative estimate of drug-likeness (QED) is 0.466. The van der Waals surface area contributed by atoms with Crippen LogP contribution in [-0.4, -0.2) is 12.2 Å². The summed E-state index contributed by atoms with van der Waals surface area (Å²) in [7, 11) is -3.44. The predicted molar refractivity (Wildman–Crippen MR) is 110 cm³/mol. The van der Waals surface area contributed by atoms with Gasteiger partial charge in [0, 0.05) is 11.0 Å². The highest BCUT2D eigenvalue weighted by molar-refractivity contribution is 9.10. The summed E-state index contributed by atoms with van der Waals surface area (Å²) >= 11 is 3.45. The average molecular weight is 440 g/mol. The molecule has 0 saturated carbocycles. The van der Waals surface area contributed by atoms with E-state index >= 15 is 0 Å². The van der Waals surface area contributed by atoms with Crippen molar-refractivity contribution < 1.29 is 13.6 Å². The maximum atomic E-state index is 13.7. The summed E-state index contributed by atoms with van der Waals surface area (Å²) < 4.78 is 26.4. The van der Waals surface area contributed by atoms with Gasteiger partial charge >= 0.3 is 7.60 Å². The Balaban J connectivity index is 2.35. The number of benzene rings is 2. The van der Waals surface area contributed by atoms with Gasteiger partial charge in [0.25, 0.3) is 0 Å². The van der Waals surface area contributed by atoms with Gasteiger partial charge in [0.1, 0.15) is 5.78 Å². The maximum absolute atomic E-state index is 13.7. The monoisotopic (exact) mass is 439 g/mol. The van der Waals surface area contributed by atoms with E-state index < -0.39 is 13.4 Å². The second kappa shape index (κ2) is 9.82. The van der Waals surface area contributed by atoms with E-state index in [2.05, 4.69) is 21.2 Å². The first-order chi connectivity index (χ1) is 12.3. The molecular formula is C20H27BrNO3P. The minimum absolute atomic E-state index is 0.212. The molecule has 0 fully saturated rings. The fourth-order valence-electron chi connectivity index (χ4n) is 2.60. The summed E-state index contributed by atoms with van der Waals surface area (Å²) in [6.45, 7) is 8.03. The van der Waals surface area contributed by atoms with Gasteiger partial charge in [-0.25, -0.2) is 0 Å². The molecule has 26 heavy (non-hydrogen) atoms. The van der Waals surface area contributed by atoms with Gasteiger partial charge in [-0.15, -0.1) is 0 Å². The van der Waals surface area contributed by atoms with Gasteiger partial charge in [0.2, 0.25) is 0 Å². The SMILES string of the molecule is CC(C)OP(=O)(OC(C)C)[C@@H](NCc1ccccc1)c1ccc(Br)cc1. The number of hydrogen-bond donors (Lipinski definition) is 1. The highest BCUT2D eigenvalue weighted by atomic mass is 79.9. The van der Waals surface area contributed by atoms with Crippen molar-refractivity contribution in [2.24, 2.45) is 0 Å². The van der Waals surface area contributed by atoms with E-state index in [0.29, 0.717) is 6.54 Å². The first-order valence-corrected chi connectivity index (χ1v) is 11.2. The number of rotatable bonds is 9. The van der Waals surface area contributed by atoms with Crippen LogP contribution in [0.3, 0.4) is 0 Å². The predicted octanol–water partition coefficient (Wildman–Crippen LogP) is 6.28. The van der Waals surface area contributed by atoms with Crippen molar-refractivity contribution in [1.29, 1.82) is 0 Å². The first kappa shape index (κ1) is 21.3. The van der Waals surface area contributed by atoms with Crippen molar-refractivity contribution in [2.45, 2.75) is 52.2 Å². The molecule has 0 bridgehead atoms. The highest BCUT2D eigenvalue weighted by Crippen LogP contribution is 2.61. The highest BCUT2D eigenvalue weighted by Gasteiger charge is 2.39. The summed E-state index contributed by atoms with van der Waals surface area (Å²) in [5.41, 5.74) is 1.98. The van der Waals surface area contributed by atoms with Gasteiger partial charge in [-0.05, 0) is 51.0 Å². The molecule has 2 rings (SSSR count). The van der Waals surface area contributed by atoms with Crippen LogP contribution >= 0.6 is 23.5 Å². The Labute approximate surface area is 165 Å². The Morgan fingerprint density at radius 1 is 0.923 bits per heavy atom. The summed E-state index contributed by atoms with van der Waals surface area (Å²) in [6.07, 6.45) is -0.424. The Bertz CT molecular complexity index is 706. The zero-order valence-electron chi connectivity index (χ0n) is 15.7. The molecule has 6 heteroatoms. The van der Waals surface area contributed by atoms with Crippen LogP contribution in [0.5, 0.6) is 0 Å². The topological polar surface area (TPSA) is 47.6 Å². The van der Waals surface area contributed by atoms with Crippen LogP contribution in [0.1, 0.15) is 44.6 Å². The summed E-state index contributed by atoms with van der Waals surface area (Å²) in [6, 6.07) is 17.8. The van der Waals surface area contributed by atoms with Crippen LogP contribution in [0.2, 0.25) is 0 Å². The minimum Gasteiger partial charge on any atom is -0.304 e. The maximum Gasteiger partial charge on any atom is 0.352 e. The van der Waals surface area contributed by atoms with Crippen LogP contribution < -0.4 is 5.32 Å². The van der Waals surface area contributed by atoms with Gasteiger partial charge in [-0.2, -0.15) is 0 Å². The van der Waals surface area contributed by atoms with Crippen molar-refractivity contribution in [2.75, 3.05) is 0 Å². The van der Waals surface area contributed by atoms with E-state index in [4.69, 9.17) is 9.05 Å². The molecule has 0 saturated heterocycles. The molecule has 0 aromatic heterocycles. The first-order valence-electron chi connectivity index (χ1n) is 8.79. The third kappa shape index (κ3) is 6.33. The van der Waals surface area contributed by atoms with Gasteiger partial charge in [0.15, 0.2) is 0 Å². The molecule has 0 heterocycles. The molecule has 0 spiro atoms. The third-order valence-electron chi connectivity index (χ3n) is 3.56. The lowest BCUT2D eigenvalue weighted by molar-refractivity contribution is 0.133. The molecule has 0 unspecified atom stereocenters. The molecule has 1 atom stereocenters. The fraction of sp³-hybridized carbons (Fsp3) is 0.400. The van der Waals surface area contributed by atoms with Gasteiger partial charge in [-0.1, -0.05) is 58.4 Å². The Morgan fingerprint density at radius 3 is 1.96 bits per heavy atom. The average Bonchev–Trinajstić information content (AvgIpc) is 2.56. The van der Waals surface area contributed by atoms with E-state index in [1.54, 1.807) is 0 Å². The normalized spacial score (nSPS) is 13.3. The smallest absolute Gasteiger partial charge is 0.304 e. The Kier molecular flexibility index (Phi) is 8.05. The van der Waals surface area contributed by atoms with E-state index in [9.17, 15) is 4.57 Å². The fourth-order valence-corrected chi connectivity index (χ4v) is 5.19. The lowest BCUT2D eigenvalue weighted by Crippen LogP contribution is -2.25. The number of nitrogens with one attached hydrogen (secondary N) is 1. The van der Waals surface area contributed by atoms with E-state index in [1.807, 2.05) is 82.3 Å². The largest absolute Gasteiger partial charge is 0.352 e. The van der Waals surface area contributed by atoms with E-state index in [-0.39, 0.29) is 12.2 Å². The molecule has 0 aliphatic heterocycles. The van der Waals surface area contributed by atoms with Crippen LogP contribution in [0.4, 0.5) is 0 Å². The van der Waals surface area contributed by atoms with Crippen LogP contribution in [0, 0.1) is 0 Å². The van der Waals surface area contributed by atoms with Crippen LogP contribution in [-0.2, 0) is 20.2 Å². The van der Waals surface area contributed by atoms with Crippen molar-refractivity contribution in [3.63, 3.8) is 0 Å². The lowest BCUT2D eigenvalue weighted by Gasteiger charge is -2.31. The zero-order valence-corrected chi connectivity index (χ0v) is 18.2. The molecule has 1 N–H and O–H groups in total. The second-order valence-electron chi connectivity index (χ2n) is 6.67. The zero-order chi connectivity index (χ0) is 19.2. The molecule has 0 radical (unpaired) electrons. The van der Waals surface area contributed by atoms with Gasteiger partial charge < -0.3 is 9.05 Å². The molecule has 0 aliphatic carbocycles. The standard InChI is InChI=1S/C20H27BrNO3P/c1-15(2)24-26(23,25-16(3)4)20(18-10-12-19(21)13-11-18)22-14-17-8-6-5-7-9-17/h5-13,15-16,20,22H,14H2,1-4H3/t20-/m1/s1. The molecule has 142 valence electrons. The number of halogens is 1. The summed E-state index contributed by atoms with van der Waals surface area (Å²) in [5.74, 6) is -0.555. The van der Waals surface area contributed by atoms with Gasteiger partial charge in [-0.3, -0.25) is 9.88 Å². The van der Waals surface area contributed by atoms with Crippen LogP contribution in [0.15, 0.2) is 59.1 Å². The Hall–Kier alpha value is -0.970. The second-order valence-corrected chi connectivity index (χ2v) is 9.60. The van der Waals surface area contributed by atoms with Crippen molar-refractivity contribution in [3.8, 4) is 0 Å². The van der Waals surface area contributed by atoms with Gasteiger partial charge in [0.05, 0.1) is 12.2 Å². The van der Waals surface area contributed by atoms with Crippen molar-refractivity contribution in [3.05, 3.63) is 70.2 Å². The van der Waals surface area contributed by atoms with E-state index in [1.165, 1.54) is 0 Å². The molecule has 2 aromatic rings. The van der Waals surface area contributed by atoms with Crippen LogP contribution in [0.25, 0.3) is 0 Å². The van der Waals surface area contributed by atoms with Crippen molar-refractivity contribution in [1.82, 2.24) is 5.32 Å². The molecule has 4 nitrogen and oxygen atoms in total. The Morgan fingerprint density at radius 2 is 1.46 bits per heavy atom.